The van der Waals surface area contributed by atoms with E-state index >= 15 is 0 Å². The predicted molar refractivity (Wildman–Crippen MR) is 96.9 cm³/mol. The van der Waals surface area contributed by atoms with E-state index in [0.717, 1.165) is 12.8 Å². The van der Waals surface area contributed by atoms with E-state index in [9.17, 15) is 4.79 Å². The molecule has 0 atom stereocenters. The molecular weight excluding hydrogens is 275 g/mol. The summed E-state index contributed by atoms with van der Waals surface area (Å²) in [5.41, 5.74) is 0. The Balaban J connectivity index is 0. The number of rotatable bonds is 15. The Kier molecular flexibility index (Phi) is 22.2. The van der Waals surface area contributed by atoms with Crippen LogP contribution in [-0.4, -0.2) is 29.9 Å². The van der Waals surface area contributed by atoms with Gasteiger partial charge in [-0.15, -0.1) is 0 Å². The average Bonchev–Trinajstić information content (AvgIpc) is 2.45. The minimum atomic E-state index is 0. The van der Waals surface area contributed by atoms with Crippen molar-refractivity contribution in [3.63, 3.8) is 0 Å². The van der Waals surface area contributed by atoms with E-state index in [4.69, 9.17) is 4.74 Å². The lowest BCUT2D eigenvalue weighted by molar-refractivity contribution is -0.143. The molecular formula is C18H39AlO2. The number of hydrogen-bond donors (Lipinski definition) is 0. The van der Waals surface area contributed by atoms with Crippen LogP contribution in [-0.2, 0) is 9.53 Å². The summed E-state index contributed by atoms with van der Waals surface area (Å²) >= 11 is 0. The second-order valence-electron chi connectivity index (χ2n) is 5.86. The summed E-state index contributed by atoms with van der Waals surface area (Å²) in [6.45, 7) is 5.09. The zero-order valence-corrected chi connectivity index (χ0v) is 13.9. The third-order valence-electron chi connectivity index (χ3n) is 3.75. The number of hydrogen-bond acceptors (Lipinski definition) is 2. The first-order valence-corrected chi connectivity index (χ1v) is 8.96. The highest BCUT2D eigenvalue weighted by atomic mass is 27.0. The van der Waals surface area contributed by atoms with Gasteiger partial charge in [0.15, 0.2) is 17.4 Å². The molecule has 0 unspecified atom stereocenters. The van der Waals surface area contributed by atoms with Crippen LogP contribution in [0, 0.1) is 0 Å². The van der Waals surface area contributed by atoms with Crippen molar-refractivity contribution < 1.29 is 9.53 Å². The van der Waals surface area contributed by atoms with E-state index in [2.05, 4.69) is 13.8 Å². The smallest absolute Gasteiger partial charge is 0.305 e. The lowest BCUT2D eigenvalue weighted by Crippen LogP contribution is -2.05. The van der Waals surface area contributed by atoms with Crippen LogP contribution >= 0.6 is 0 Å². The van der Waals surface area contributed by atoms with E-state index in [-0.39, 0.29) is 23.3 Å². The Morgan fingerprint density at radius 2 is 1.10 bits per heavy atom. The highest BCUT2D eigenvalue weighted by Crippen LogP contribution is 2.09. The fourth-order valence-corrected chi connectivity index (χ4v) is 2.37. The first-order chi connectivity index (χ1) is 9.81. The van der Waals surface area contributed by atoms with Crippen LogP contribution in [0.1, 0.15) is 104 Å². The number of carbonyl (C=O) groups excluding carboxylic acids is 1. The lowest BCUT2D eigenvalue weighted by atomic mass is 10.1. The van der Waals surface area contributed by atoms with Crippen molar-refractivity contribution in [2.24, 2.45) is 0 Å². The zero-order chi connectivity index (χ0) is 14.9. The van der Waals surface area contributed by atoms with Gasteiger partial charge in [-0.1, -0.05) is 84.5 Å². The van der Waals surface area contributed by atoms with Crippen molar-refractivity contribution in [3.8, 4) is 0 Å². The number of esters is 1. The van der Waals surface area contributed by atoms with Gasteiger partial charge < -0.3 is 4.74 Å². The van der Waals surface area contributed by atoms with Gasteiger partial charge in [0.2, 0.25) is 0 Å². The average molecular weight is 314 g/mol. The molecule has 0 aromatic rings. The minimum absolute atomic E-state index is 0. The van der Waals surface area contributed by atoms with E-state index < -0.39 is 0 Å². The second kappa shape index (κ2) is 20.0. The molecule has 0 aliphatic heterocycles. The Hall–Kier alpha value is 0.00247. The van der Waals surface area contributed by atoms with Crippen molar-refractivity contribution in [2.75, 3.05) is 6.61 Å². The summed E-state index contributed by atoms with van der Waals surface area (Å²) in [6, 6.07) is 0. The molecule has 2 nitrogen and oxygen atoms in total. The topological polar surface area (TPSA) is 26.3 Å². The highest BCUT2D eigenvalue weighted by Gasteiger charge is 2.02. The Labute approximate surface area is 143 Å². The predicted octanol–water partition coefficient (Wildman–Crippen LogP) is 4.85. The summed E-state index contributed by atoms with van der Waals surface area (Å²) in [5.74, 6) is 0.00659. The normalized spacial score (nSPS) is 10.2. The molecule has 0 aromatic heterocycles. The fraction of sp³-hybridized carbons (Fsp3) is 0.944. The van der Waals surface area contributed by atoms with Crippen LogP contribution in [0.15, 0.2) is 0 Å². The number of carbonyl (C=O) groups is 1. The molecule has 0 saturated carbocycles. The Morgan fingerprint density at radius 1 is 0.667 bits per heavy atom. The largest absolute Gasteiger partial charge is 0.466 e. The molecule has 0 aliphatic rings. The molecule has 0 aliphatic carbocycles. The zero-order valence-electron chi connectivity index (χ0n) is 13.9. The van der Waals surface area contributed by atoms with Crippen LogP contribution in [0.2, 0.25) is 0 Å². The quantitative estimate of drug-likeness (QED) is 0.245. The summed E-state index contributed by atoms with van der Waals surface area (Å²) in [4.78, 5) is 11.5. The molecule has 0 aromatic carbocycles. The molecule has 126 valence electrons. The maximum atomic E-state index is 11.5. The van der Waals surface area contributed by atoms with Gasteiger partial charge in [0, 0.05) is 6.42 Å². The molecule has 0 N–H and O–H groups in total. The van der Waals surface area contributed by atoms with Crippen molar-refractivity contribution in [1.29, 1.82) is 0 Å². The molecule has 0 radical (unpaired) electrons. The SMILES string of the molecule is CCCCCCCCCC(=O)OCCCCCCCC.[AlH3]. The van der Waals surface area contributed by atoms with Gasteiger partial charge in [0.05, 0.1) is 6.61 Å². The standard InChI is InChI=1S/C18H36O2.Al.3H/c1-3-5-7-9-11-12-14-16-18(19)20-17-15-13-10-8-6-4-2;;;;/h3-17H2,1-2H3;;;;. The second-order valence-corrected chi connectivity index (χ2v) is 5.86. The molecule has 0 saturated heterocycles. The lowest BCUT2D eigenvalue weighted by Gasteiger charge is -2.05. The van der Waals surface area contributed by atoms with E-state index in [1.165, 1.54) is 70.6 Å². The maximum absolute atomic E-state index is 11.5. The van der Waals surface area contributed by atoms with Crippen molar-refractivity contribution >= 4 is 23.3 Å². The van der Waals surface area contributed by atoms with Crippen LogP contribution in [0.5, 0.6) is 0 Å². The van der Waals surface area contributed by atoms with Gasteiger partial charge >= 0.3 is 5.97 Å². The Morgan fingerprint density at radius 3 is 1.62 bits per heavy atom. The summed E-state index contributed by atoms with van der Waals surface area (Å²) in [7, 11) is 0. The number of unbranched alkanes of at least 4 members (excludes halogenated alkanes) is 11. The third-order valence-corrected chi connectivity index (χ3v) is 3.75. The molecule has 0 bridgehead atoms. The van der Waals surface area contributed by atoms with Gasteiger partial charge in [-0.3, -0.25) is 4.79 Å². The van der Waals surface area contributed by atoms with E-state index in [0.29, 0.717) is 13.0 Å². The van der Waals surface area contributed by atoms with Gasteiger partial charge in [-0.05, 0) is 12.8 Å². The van der Waals surface area contributed by atoms with Gasteiger partial charge in [-0.2, -0.15) is 0 Å². The summed E-state index contributed by atoms with van der Waals surface area (Å²) < 4.78 is 5.25. The maximum Gasteiger partial charge on any atom is 0.305 e. The third kappa shape index (κ3) is 20.0. The van der Waals surface area contributed by atoms with Gasteiger partial charge in [0.25, 0.3) is 0 Å². The molecule has 0 amide bonds. The molecule has 0 rings (SSSR count). The van der Waals surface area contributed by atoms with Crippen LogP contribution in [0.4, 0.5) is 0 Å². The van der Waals surface area contributed by atoms with Gasteiger partial charge in [0.1, 0.15) is 0 Å². The highest BCUT2D eigenvalue weighted by molar-refractivity contribution is 5.75. The summed E-state index contributed by atoms with van der Waals surface area (Å²) in [5, 5.41) is 0. The van der Waals surface area contributed by atoms with Crippen LogP contribution in [0.25, 0.3) is 0 Å². The first-order valence-electron chi connectivity index (χ1n) is 8.96. The van der Waals surface area contributed by atoms with Crippen molar-refractivity contribution in [2.45, 2.75) is 104 Å². The fourth-order valence-electron chi connectivity index (χ4n) is 2.37. The number of ether oxygens (including phenoxy) is 1. The minimum Gasteiger partial charge on any atom is -0.466 e. The molecule has 0 heterocycles. The van der Waals surface area contributed by atoms with E-state index in [1.54, 1.807) is 0 Å². The van der Waals surface area contributed by atoms with Crippen molar-refractivity contribution in [1.82, 2.24) is 0 Å². The molecule has 0 spiro atoms. The van der Waals surface area contributed by atoms with E-state index in [1.807, 2.05) is 0 Å². The summed E-state index contributed by atoms with van der Waals surface area (Å²) in [6.07, 6.45) is 16.8. The van der Waals surface area contributed by atoms with Gasteiger partial charge in [-0.25, -0.2) is 0 Å². The van der Waals surface area contributed by atoms with Crippen molar-refractivity contribution in [3.05, 3.63) is 0 Å². The Bertz CT molecular complexity index is 187. The monoisotopic (exact) mass is 314 g/mol. The van der Waals surface area contributed by atoms with Crippen LogP contribution in [0.3, 0.4) is 0 Å². The molecule has 3 heteroatoms. The molecule has 21 heavy (non-hydrogen) atoms. The first kappa shape index (κ1) is 23.3. The molecule has 0 fully saturated rings. The van der Waals surface area contributed by atoms with Crippen LogP contribution < -0.4 is 0 Å².